The third-order valence-corrected chi connectivity index (χ3v) is 5.66. The van der Waals surface area contributed by atoms with Crippen molar-refractivity contribution in [2.24, 2.45) is 0 Å². The van der Waals surface area contributed by atoms with Crippen LogP contribution >= 0.6 is 11.8 Å². The molecule has 1 unspecified atom stereocenters. The topological polar surface area (TPSA) is 48.5 Å². The molecule has 2 heterocycles. The third kappa shape index (κ3) is 4.99. The zero-order valence-electron chi connectivity index (χ0n) is 15.6. The Kier molecular flexibility index (Phi) is 6.16. The fraction of sp³-hybridized carbons (Fsp3) is 0.400. The highest BCUT2D eigenvalue weighted by molar-refractivity contribution is 8.00. The lowest BCUT2D eigenvalue weighted by Crippen LogP contribution is -2.44. The number of pyridine rings is 1. The van der Waals surface area contributed by atoms with Gasteiger partial charge >= 0.3 is 0 Å². The maximum atomic E-state index is 12.4. The molecule has 0 bridgehead atoms. The number of rotatable bonds is 5. The summed E-state index contributed by atoms with van der Waals surface area (Å²) < 4.78 is 0. The second kappa shape index (κ2) is 8.56. The first-order chi connectivity index (χ1) is 12.5. The first-order valence-corrected chi connectivity index (χ1v) is 9.83. The number of nitrogens with zero attached hydrogens (tertiary/aromatic N) is 3. The molecule has 1 N–H and O–H groups in total. The molecule has 0 spiro atoms. The Morgan fingerprint density at radius 2 is 1.81 bits per heavy atom. The molecule has 0 radical (unpaired) electrons. The number of likely N-dealkylation sites (N-methyl/N-ethyl adjacent to an activating group) is 1. The summed E-state index contributed by atoms with van der Waals surface area (Å²) in [6, 6.07) is 12.1. The van der Waals surface area contributed by atoms with Gasteiger partial charge < -0.3 is 15.1 Å². The number of carbonyl (C=O) groups is 1. The van der Waals surface area contributed by atoms with Crippen molar-refractivity contribution in [3.05, 3.63) is 48.2 Å². The minimum Gasteiger partial charge on any atom is -0.354 e. The molecule has 26 heavy (non-hydrogen) atoms. The fourth-order valence-corrected chi connectivity index (χ4v) is 3.67. The van der Waals surface area contributed by atoms with Gasteiger partial charge in [0.25, 0.3) is 0 Å². The van der Waals surface area contributed by atoms with Crippen molar-refractivity contribution in [1.29, 1.82) is 0 Å². The Hall–Kier alpha value is -2.05. The number of thioether (sulfide) groups is 1. The summed E-state index contributed by atoms with van der Waals surface area (Å²) in [5.74, 6) is 0.961. The van der Waals surface area contributed by atoms with Crippen molar-refractivity contribution in [2.75, 3.05) is 43.4 Å². The van der Waals surface area contributed by atoms with Gasteiger partial charge in [-0.25, -0.2) is 4.98 Å². The molecule has 1 amide bonds. The summed E-state index contributed by atoms with van der Waals surface area (Å²) in [6.45, 7) is 8.05. The summed E-state index contributed by atoms with van der Waals surface area (Å²) in [5, 5.41) is 2.79. The maximum Gasteiger partial charge on any atom is 0.237 e. The summed E-state index contributed by atoms with van der Waals surface area (Å²) in [5.41, 5.74) is 1.96. The molecule has 3 rings (SSSR count). The van der Waals surface area contributed by atoms with Crippen LogP contribution in [0.4, 0.5) is 11.5 Å². The number of carbonyl (C=O) groups excluding carboxylic acids is 1. The van der Waals surface area contributed by atoms with E-state index in [0.29, 0.717) is 0 Å². The molecular weight excluding hydrogens is 344 g/mol. The molecule has 6 heteroatoms. The van der Waals surface area contributed by atoms with E-state index in [-0.39, 0.29) is 11.2 Å². The van der Waals surface area contributed by atoms with Crippen molar-refractivity contribution in [2.45, 2.75) is 24.0 Å². The number of nitrogens with one attached hydrogen (secondary N) is 1. The smallest absolute Gasteiger partial charge is 0.237 e. The van der Waals surface area contributed by atoms with E-state index in [9.17, 15) is 4.79 Å². The van der Waals surface area contributed by atoms with Crippen LogP contribution in [0.3, 0.4) is 0 Å². The lowest BCUT2D eigenvalue weighted by atomic mass is 10.2. The van der Waals surface area contributed by atoms with Crippen LogP contribution in [-0.2, 0) is 4.79 Å². The Morgan fingerprint density at radius 1 is 1.12 bits per heavy atom. The monoisotopic (exact) mass is 370 g/mol. The van der Waals surface area contributed by atoms with E-state index in [1.165, 1.54) is 5.56 Å². The van der Waals surface area contributed by atoms with Gasteiger partial charge in [0, 0.05) is 31.1 Å². The highest BCUT2D eigenvalue weighted by atomic mass is 32.2. The molecule has 1 aliphatic rings. The van der Waals surface area contributed by atoms with Crippen LogP contribution in [0.5, 0.6) is 0 Å². The number of hydrogen-bond acceptors (Lipinski definition) is 5. The average Bonchev–Trinajstić information content (AvgIpc) is 2.65. The zero-order chi connectivity index (χ0) is 18.5. The normalized spacial score (nSPS) is 16.3. The minimum atomic E-state index is -0.171. The number of anilines is 2. The molecule has 1 aromatic carbocycles. The minimum absolute atomic E-state index is 0.00952. The van der Waals surface area contributed by atoms with Gasteiger partial charge in [0.05, 0.1) is 17.1 Å². The second-order valence-electron chi connectivity index (χ2n) is 6.76. The van der Waals surface area contributed by atoms with Crippen molar-refractivity contribution < 1.29 is 4.79 Å². The standard InChI is InChI=1S/C20H26N4OS/c1-15-4-7-18(8-5-15)26-16(2)20(25)22-17-6-9-19(21-14-17)24-12-10-23(3)11-13-24/h4-9,14,16H,10-13H2,1-3H3,(H,22,25). The van der Waals surface area contributed by atoms with Crippen LogP contribution in [-0.4, -0.2) is 54.3 Å². The fourth-order valence-electron chi connectivity index (χ4n) is 2.80. The number of amides is 1. The van der Waals surface area contributed by atoms with E-state index in [1.807, 2.05) is 19.1 Å². The Balaban J connectivity index is 1.54. The van der Waals surface area contributed by atoms with E-state index >= 15 is 0 Å². The van der Waals surface area contributed by atoms with Gasteiger partial charge in [-0.15, -0.1) is 11.8 Å². The number of piperazine rings is 1. The largest absolute Gasteiger partial charge is 0.354 e. The predicted molar refractivity (Wildman–Crippen MR) is 109 cm³/mol. The van der Waals surface area contributed by atoms with Crippen LogP contribution in [0.1, 0.15) is 12.5 Å². The molecule has 5 nitrogen and oxygen atoms in total. The summed E-state index contributed by atoms with van der Waals surface area (Å²) in [7, 11) is 2.14. The van der Waals surface area contributed by atoms with Gasteiger partial charge in [0.1, 0.15) is 5.82 Å². The lowest BCUT2D eigenvalue weighted by molar-refractivity contribution is -0.115. The number of aromatic nitrogens is 1. The van der Waals surface area contributed by atoms with Crippen molar-refractivity contribution >= 4 is 29.2 Å². The molecule has 138 valence electrons. The Morgan fingerprint density at radius 3 is 2.42 bits per heavy atom. The van der Waals surface area contributed by atoms with E-state index in [0.717, 1.165) is 42.6 Å². The van der Waals surface area contributed by atoms with Crippen LogP contribution in [0.15, 0.2) is 47.5 Å². The molecule has 1 saturated heterocycles. The number of hydrogen-bond donors (Lipinski definition) is 1. The van der Waals surface area contributed by atoms with Crippen LogP contribution in [0.2, 0.25) is 0 Å². The summed E-state index contributed by atoms with van der Waals surface area (Å²) >= 11 is 1.56. The van der Waals surface area contributed by atoms with Crippen LogP contribution < -0.4 is 10.2 Å². The van der Waals surface area contributed by atoms with Gasteiger partial charge in [-0.1, -0.05) is 17.7 Å². The van der Waals surface area contributed by atoms with Gasteiger partial charge in [-0.3, -0.25) is 4.79 Å². The lowest BCUT2D eigenvalue weighted by Gasteiger charge is -2.33. The third-order valence-electron chi connectivity index (χ3n) is 4.55. The van der Waals surface area contributed by atoms with E-state index < -0.39 is 0 Å². The highest BCUT2D eigenvalue weighted by Gasteiger charge is 2.17. The van der Waals surface area contributed by atoms with Crippen LogP contribution in [0.25, 0.3) is 0 Å². The Bertz CT molecular complexity index is 724. The zero-order valence-corrected chi connectivity index (χ0v) is 16.4. The van der Waals surface area contributed by atoms with E-state index in [4.69, 9.17) is 0 Å². The highest BCUT2D eigenvalue weighted by Crippen LogP contribution is 2.24. The first kappa shape index (κ1) is 18.7. The molecule has 2 aromatic rings. The van der Waals surface area contributed by atoms with Crippen molar-refractivity contribution in [3.63, 3.8) is 0 Å². The summed E-state index contributed by atoms with van der Waals surface area (Å²) in [6.07, 6.45) is 1.74. The molecule has 0 aliphatic carbocycles. The number of aryl methyl sites for hydroxylation is 1. The first-order valence-electron chi connectivity index (χ1n) is 8.95. The van der Waals surface area contributed by atoms with Gasteiger partial charge in [0.2, 0.25) is 5.91 Å². The average molecular weight is 371 g/mol. The van der Waals surface area contributed by atoms with E-state index in [2.05, 4.69) is 58.3 Å². The molecule has 1 atom stereocenters. The predicted octanol–water partition coefficient (Wildman–Crippen LogP) is 3.26. The van der Waals surface area contributed by atoms with Crippen molar-refractivity contribution in [3.8, 4) is 0 Å². The van der Waals surface area contributed by atoms with E-state index in [1.54, 1.807) is 18.0 Å². The van der Waals surface area contributed by atoms with Gasteiger partial charge in [-0.2, -0.15) is 0 Å². The summed E-state index contributed by atoms with van der Waals surface area (Å²) in [4.78, 5) is 22.6. The molecular formula is C20H26N4OS. The number of benzene rings is 1. The molecule has 1 aliphatic heterocycles. The van der Waals surface area contributed by atoms with Crippen LogP contribution in [0, 0.1) is 6.92 Å². The SMILES string of the molecule is Cc1ccc(SC(C)C(=O)Nc2ccc(N3CCN(C)CC3)nc2)cc1. The van der Waals surface area contributed by atoms with Gasteiger partial charge in [0.15, 0.2) is 0 Å². The quantitative estimate of drug-likeness (QED) is 0.819. The Labute approximate surface area is 159 Å². The molecule has 1 aromatic heterocycles. The maximum absolute atomic E-state index is 12.4. The van der Waals surface area contributed by atoms with Crippen molar-refractivity contribution in [1.82, 2.24) is 9.88 Å². The molecule has 0 saturated carbocycles. The molecule has 1 fully saturated rings. The second-order valence-corrected chi connectivity index (χ2v) is 8.17. The van der Waals surface area contributed by atoms with Gasteiger partial charge in [-0.05, 0) is 45.2 Å².